The summed E-state index contributed by atoms with van der Waals surface area (Å²) in [7, 11) is -3.68. The molecule has 0 aliphatic carbocycles. The number of hydrogen-bond acceptors (Lipinski definition) is 4. The second kappa shape index (κ2) is 10.1. The minimum Gasteiger partial charge on any atom is -0.478 e. The molecule has 3 aromatic carbocycles. The number of nitrogens with zero attached hydrogens (tertiary/aromatic N) is 2. The third-order valence-electron chi connectivity index (χ3n) is 5.78. The van der Waals surface area contributed by atoms with Gasteiger partial charge in [0.05, 0.1) is 10.9 Å². The second-order valence-electron chi connectivity index (χ2n) is 7.91. The first-order valence-electron chi connectivity index (χ1n) is 10.8. The van der Waals surface area contributed by atoms with Gasteiger partial charge < -0.3 is 5.11 Å². The molecule has 0 spiro atoms. The van der Waals surface area contributed by atoms with Crippen molar-refractivity contribution in [3.05, 3.63) is 108 Å². The average molecular weight is 463 g/mol. The summed E-state index contributed by atoms with van der Waals surface area (Å²) in [6.07, 6.45) is 2.39. The van der Waals surface area contributed by atoms with Crippen molar-refractivity contribution >= 4 is 22.1 Å². The van der Waals surface area contributed by atoms with Crippen LogP contribution in [0.2, 0.25) is 0 Å². The minimum atomic E-state index is -3.68. The molecule has 0 amide bonds. The third-order valence-corrected chi connectivity index (χ3v) is 7.68. The van der Waals surface area contributed by atoms with E-state index in [4.69, 9.17) is 5.11 Å². The van der Waals surface area contributed by atoms with Crippen LogP contribution in [0.4, 0.5) is 0 Å². The van der Waals surface area contributed by atoms with E-state index in [1.54, 1.807) is 18.2 Å². The number of carbonyl (C=O) groups is 1. The highest BCUT2D eigenvalue weighted by atomic mass is 32.2. The maximum absolute atomic E-state index is 13.3. The Kier molecular flexibility index (Phi) is 7.03. The molecule has 1 N–H and O–H groups in total. The highest BCUT2D eigenvalue weighted by Crippen LogP contribution is 2.30. The number of piperazine rings is 1. The van der Waals surface area contributed by atoms with Gasteiger partial charge in [-0.2, -0.15) is 4.31 Å². The summed E-state index contributed by atoms with van der Waals surface area (Å²) in [5.74, 6) is -1.08. The predicted octanol–water partition coefficient (Wildman–Crippen LogP) is 3.88. The summed E-state index contributed by atoms with van der Waals surface area (Å²) in [5.41, 5.74) is 2.89. The lowest BCUT2D eigenvalue weighted by molar-refractivity contribution is -0.131. The van der Waals surface area contributed by atoms with Crippen LogP contribution in [0.1, 0.15) is 22.7 Å². The zero-order valence-corrected chi connectivity index (χ0v) is 18.9. The molecular weight excluding hydrogens is 436 g/mol. The van der Waals surface area contributed by atoms with Crippen LogP contribution >= 0.6 is 0 Å². The van der Waals surface area contributed by atoms with E-state index in [9.17, 15) is 13.2 Å². The monoisotopic (exact) mass is 462 g/mol. The summed E-state index contributed by atoms with van der Waals surface area (Å²) in [5, 5.41) is 8.82. The van der Waals surface area contributed by atoms with Crippen LogP contribution in [0.15, 0.2) is 95.9 Å². The average Bonchev–Trinajstić information content (AvgIpc) is 2.85. The van der Waals surface area contributed by atoms with Gasteiger partial charge in [0.15, 0.2) is 0 Å². The van der Waals surface area contributed by atoms with Crippen molar-refractivity contribution in [1.29, 1.82) is 0 Å². The van der Waals surface area contributed by atoms with Crippen LogP contribution in [0.3, 0.4) is 0 Å². The van der Waals surface area contributed by atoms with Gasteiger partial charge in [-0.15, -0.1) is 0 Å². The minimum absolute atomic E-state index is 0.0572. The van der Waals surface area contributed by atoms with Crippen molar-refractivity contribution in [1.82, 2.24) is 9.21 Å². The van der Waals surface area contributed by atoms with Crippen molar-refractivity contribution in [2.75, 3.05) is 26.2 Å². The maximum Gasteiger partial charge on any atom is 0.328 e. The number of carboxylic acid groups (broad SMARTS) is 1. The van der Waals surface area contributed by atoms with Crippen molar-refractivity contribution < 1.29 is 18.3 Å². The maximum atomic E-state index is 13.3. The number of carboxylic acids is 1. The third kappa shape index (κ3) is 5.39. The van der Waals surface area contributed by atoms with E-state index >= 15 is 0 Å². The number of benzene rings is 3. The van der Waals surface area contributed by atoms with Crippen LogP contribution < -0.4 is 0 Å². The van der Waals surface area contributed by atoms with E-state index < -0.39 is 16.0 Å². The first-order valence-corrected chi connectivity index (χ1v) is 12.2. The van der Waals surface area contributed by atoms with Gasteiger partial charge in [0.1, 0.15) is 0 Å². The Morgan fingerprint density at radius 3 is 1.94 bits per heavy atom. The van der Waals surface area contributed by atoms with E-state index in [0.29, 0.717) is 31.7 Å². The Morgan fingerprint density at radius 1 is 0.818 bits per heavy atom. The Labute approximate surface area is 194 Å². The zero-order valence-electron chi connectivity index (χ0n) is 18.1. The summed E-state index contributed by atoms with van der Waals surface area (Å²) in [6, 6.07) is 27.0. The fourth-order valence-corrected chi connectivity index (χ4v) is 5.66. The molecule has 0 atom stereocenters. The molecule has 6 nitrogen and oxygen atoms in total. The van der Waals surface area contributed by atoms with E-state index in [2.05, 4.69) is 29.2 Å². The van der Waals surface area contributed by atoms with Crippen LogP contribution in [0.5, 0.6) is 0 Å². The van der Waals surface area contributed by atoms with Gasteiger partial charge in [0, 0.05) is 32.3 Å². The van der Waals surface area contributed by atoms with Gasteiger partial charge in [0.25, 0.3) is 0 Å². The molecule has 0 radical (unpaired) electrons. The van der Waals surface area contributed by atoms with Crippen LogP contribution in [-0.2, 0) is 14.8 Å². The van der Waals surface area contributed by atoms with Gasteiger partial charge in [-0.25, -0.2) is 13.2 Å². The molecule has 170 valence electrons. The summed E-state index contributed by atoms with van der Waals surface area (Å²) in [6.45, 7) is 1.97. The lowest BCUT2D eigenvalue weighted by Gasteiger charge is -2.39. The number of hydrogen-bond donors (Lipinski definition) is 1. The molecule has 7 heteroatoms. The van der Waals surface area contributed by atoms with Crippen LogP contribution in [0, 0.1) is 0 Å². The standard InChI is InChI=1S/C26H26N2O4S/c29-25(30)15-14-21-8-7-13-24(20-21)33(31,32)28-18-16-27(17-19-28)26(22-9-3-1-4-10-22)23-11-5-2-6-12-23/h1-15,20,26H,16-19H2,(H,29,30). The molecule has 1 aliphatic heterocycles. The van der Waals surface area contributed by atoms with E-state index in [1.165, 1.54) is 27.6 Å². The first kappa shape index (κ1) is 22.9. The van der Waals surface area contributed by atoms with Gasteiger partial charge in [-0.3, -0.25) is 4.90 Å². The van der Waals surface area contributed by atoms with Crippen molar-refractivity contribution in [2.45, 2.75) is 10.9 Å². The van der Waals surface area contributed by atoms with Gasteiger partial charge in [-0.05, 0) is 34.9 Å². The zero-order chi connectivity index (χ0) is 23.3. The molecule has 33 heavy (non-hydrogen) atoms. The van der Waals surface area contributed by atoms with E-state index in [-0.39, 0.29) is 10.9 Å². The quantitative estimate of drug-likeness (QED) is 0.539. The van der Waals surface area contributed by atoms with Crippen LogP contribution in [0.25, 0.3) is 6.08 Å². The predicted molar refractivity (Wildman–Crippen MR) is 128 cm³/mol. The topological polar surface area (TPSA) is 77.9 Å². The van der Waals surface area contributed by atoms with Gasteiger partial charge in [-0.1, -0.05) is 72.8 Å². The molecule has 1 fully saturated rings. The number of aliphatic carboxylic acids is 1. The smallest absolute Gasteiger partial charge is 0.328 e. The number of rotatable bonds is 7. The Balaban J connectivity index is 1.53. The fourth-order valence-electron chi connectivity index (χ4n) is 4.18. The van der Waals surface area contributed by atoms with E-state index in [1.807, 2.05) is 36.4 Å². The van der Waals surface area contributed by atoms with Gasteiger partial charge in [0.2, 0.25) is 10.0 Å². The highest BCUT2D eigenvalue weighted by Gasteiger charge is 2.32. The van der Waals surface area contributed by atoms with E-state index in [0.717, 1.165) is 6.08 Å². The molecule has 3 aromatic rings. The normalized spacial score (nSPS) is 15.8. The molecule has 0 aromatic heterocycles. The first-order chi connectivity index (χ1) is 15.9. The Hall–Kier alpha value is -3.26. The van der Waals surface area contributed by atoms with Crippen LogP contribution in [-0.4, -0.2) is 54.9 Å². The molecule has 0 unspecified atom stereocenters. The summed E-state index contributed by atoms with van der Waals surface area (Å²) in [4.78, 5) is 13.3. The van der Waals surface area contributed by atoms with Crippen molar-refractivity contribution in [3.8, 4) is 0 Å². The van der Waals surface area contributed by atoms with Crippen molar-refractivity contribution in [3.63, 3.8) is 0 Å². The largest absolute Gasteiger partial charge is 0.478 e. The van der Waals surface area contributed by atoms with Gasteiger partial charge >= 0.3 is 5.97 Å². The fraction of sp³-hybridized carbons (Fsp3) is 0.192. The highest BCUT2D eigenvalue weighted by molar-refractivity contribution is 7.89. The molecule has 1 saturated heterocycles. The molecular formula is C26H26N2O4S. The molecule has 0 saturated carbocycles. The summed E-state index contributed by atoms with van der Waals surface area (Å²) < 4.78 is 28.0. The lowest BCUT2D eigenvalue weighted by atomic mass is 9.96. The number of sulfonamides is 1. The molecule has 1 aliphatic rings. The molecule has 0 bridgehead atoms. The Morgan fingerprint density at radius 2 is 1.39 bits per heavy atom. The lowest BCUT2D eigenvalue weighted by Crippen LogP contribution is -2.49. The van der Waals surface area contributed by atoms with Crippen molar-refractivity contribution in [2.24, 2.45) is 0 Å². The second-order valence-corrected chi connectivity index (χ2v) is 9.85. The Bertz CT molecular complexity index is 1180. The molecule has 4 rings (SSSR count). The summed E-state index contributed by atoms with van der Waals surface area (Å²) >= 11 is 0. The molecule has 1 heterocycles. The SMILES string of the molecule is O=C(O)C=Cc1cccc(S(=O)(=O)N2CCN(C(c3ccccc3)c3ccccc3)CC2)c1.